The van der Waals surface area contributed by atoms with Crippen molar-refractivity contribution >= 4 is 15.9 Å². The molecule has 0 aliphatic carbocycles. The zero-order chi connectivity index (χ0) is 10.6. The van der Waals surface area contributed by atoms with Crippen LogP contribution in [0.15, 0.2) is 12.4 Å². The molecule has 2 N–H and O–H groups in total. The number of aromatic nitrogens is 2. The molecule has 4 nitrogen and oxygen atoms in total. The Kier molecular flexibility index (Phi) is 4.44. The fourth-order valence-corrected chi connectivity index (χ4v) is 1.56. The number of aliphatic hydroxyl groups is 2. The summed E-state index contributed by atoms with van der Waals surface area (Å²) < 4.78 is 0. The second-order valence-electron chi connectivity index (χ2n) is 3.08. The van der Waals surface area contributed by atoms with E-state index >= 15 is 0 Å². The highest BCUT2D eigenvalue weighted by Crippen LogP contribution is 2.16. The molecule has 1 heterocycles. The van der Waals surface area contributed by atoms with E-state index in [2.05, 4.69) is 25.9 Å². The molecule has 0 aromatic carbocycles. The molecule has 2 unspecified atom stereocenters. The third-order valence-electron chi connectivity index (χ3n) is 1.85. The van der Waals surface area contributed by atoms with Gasteiger partial charge in [-0.3, -0.25) is 9.97 Å². The Morgan fingerprint density at radius 3 is 2.71 bits per heavy atom. The van der Waals surface area contributed by atoms with Gasteiger partial charge in [0.15, 0.2) is 0 Å². The summed E-state index contributed by atoms with van der Waals surface area (Å²) in [5.41, 5.74) is 1.14. The highest BCUT2D eigenvalue weighted by atomic mass is 79.9. The largest absolute Gasteiger partial charge is 0.390 e. The molecule has 0 bridgehead atoms. The maximum atomic E-state index is 9.67. The van der Waals surface area contributed by atoms with E-state index in [1.54, 1.807) is 13.1 Å². The molecule has 0 saturated heterocycles. The number of hydrogen-bond donors (Lipinski definition) is 2. The molecule has 0 spiro atoms. The van der Waals surface area contributed by atoms with Crippen LogP contribution in [0.5, 0.6) is 0 Å². The quantitative estimate of drug-likeness (QED) is 0.792. The minimum absolute atomic E-state index is 0.415. The van der Waals surface area contributed by atoms with Crippen molar-refractivity contribution in [2.45, 2.75) is 25.6 Å². The summed E-state index contributed by atoms with van der Waals surface area (Å²) >= 11 is 3.20. The topological polar surface area (TPSA) is 66.2 Å². The predicted molar refractivity (Wildman–Crippen MR) is 56.1 cm³/mol. The summed E-state index contributed by atoms with van der Waals surface area (Å²) in [7, 11) is 0. The lowest BCUT2D eigenvalue weighted by Crippen LogP contribution is -2.20. The lowest BCUT2D eigenvalue weighted by atomic mass is 10.1. The molecule has 5 heteroatoms. The zero-order valence-corrected chi connectivity index (χ0v) is 9.48. The first-order valence-corrected chi connectivity index (χ1v) is 5.48. The van der Waals surface area contributed by atoms with Gasteiger partial charge in [0.1, 0.15) is 6.10 Å². The third-order valence-corrected chi connectivity index (χ3v) is 2.30. The van der Waals surface area contributed by atoms with Gasteiger partial charge in [-0.1, -0.05) is 15.9 Å². The summed E-state index contributed by atoms with van der Waals surface area (Å²) in [6.07, 6.45) is 1.80. The van der Waals surface area contributed by atoms with Gasteiger partial charge in [0, 0.05) is 11.5 Å². The number of rotatable bonds is 4. The molecule has 78 valence electrons. The molecule has 14 heavy (non-hydrogen) atoms. The lowest BCUT2D eigenvalue weighted by Gasteiger charge is -2.15. The minimum Gasteiger partial charge on any atom is -0.390 e. The van der Waals surface area contributed by atoms with Gasteiger partial charge in [0.25, 0.3) is 0 Å². The van der Waals surface area contributed by atoms with Crippen molar-refractivity contribution in [3.8, 4) is 0 Å². The molecule has 0 fully saturated rings. The molecule has 1 rings (SSSR count). The van der Waals surface area contributed by atoms with Crippen molar-refractivity contribution in [2.24, 2.45) is 0 Å². The van der Waals surface area contributed by atoms with E-state index in [0.29, 0.717) is 17.4 Å². The molecular formula is C9H13BrN2O2. The number of hydrogen-bond acceptors (Lipinski definition) is 4. The molecule has 0 saturated carbocycles. The van der Waals surface area contributed by atoms with Crippen LogP contribution in [0.3, 0.4) is 0 Å². The average Bonchev–Trinajstić information content (AvgIpc) is 2.17. The van der Waals surface area contributed by atoms with Crippen LogP contribution in [0.4, 0.5) is 0 Å². The van der Waals surface area contributed by atoms with E-state index in [0.717, 1.165) is 5.69 Å². The first-order chi connectivity index (χ1) is 6.65. The maximum Gasteiger partial charge on any atom is 0.123 e. The molecular weight excluding hydrogens is 248 g/mol. The predicted octanol–water partition coefficient (Wildman–Crippen LogP) is 0.964. The van der Waals surface area contributed by atoms with Crippen molar-refractivity contribution in [1.29, 1.82) is 0 Å². The van der Waals surface area contributed by atoms with Gasteiger partial charge in [-0.25, -0.2) is 0 Å². The van der Waals surface area contributed by atoms with E-state index in [4.69, 9.17) is 0 Å². The monoisotopic (exact) mass is 260 g/mol. The zero-order valence-electron chi connectivity index (χ0n) is 7.89. The van der Waals surface area contributed by atoms with Crippen molar-refractivity contribution in [3.05, 3.63) is 23.8 Å². The maximum absolute atomic E-state index is 9.67. The van der Waals surface area contributed by atoms with Crippen LogP contribution in [0.25, 0.3) is 0 Å². The molecule has 1 aromatic rings. The Balaban J connectivity index is 2.73. The summed E-state index contributed by atoms with van der Waals surface area (Å²) in [6.45, 7) is 1.79. The van der Waals surface area contributed by atoms with Crippen LogP contribution in [-0.2, 0) is 0 Å². The second-order valence-corrected chi connectivity index (χ2v) is 3.87. The Morgan fingerprint density at radius 2 is 2.14 bits per heavy atom. The van der Waals surface area contributed by atoms with Gasteiger partial charge in [0.05, 0.1) is 23.7 Å². The van der Waals surface area contributed by atoms with Crippen LogP contribution >= 0.6 is 15.9 Å². The van der Waals surface area contributed by atoms with E-state index in [1.807, 2.05) is 0 Å². The summed E-state index contributed by atoms with van der Waals surface area (Å²) in [5, 5.41) is 19.8. The molecule has 0 amide bonds. The summed E-state index contributed by atoms with van der Waals surface area (Å²) in [4.78, 5) is 7.99. The second kappa shape index (κ2) is 5.38. The van der Waals surface area contributed by atoms with Crippen molar-refractivity contribution < 1.29 is 10.2 Å². The smallest absolute Gasteiger partial charge is 0.123 e. The van der Waals surface area contributed by atoms with Gasteiger partial charge in [-0.2, -0.15) is 0 Å². The Hall–Kier alpha value is -0.520. The van der Waals surface area contributed by atoms with E-state index in [1.165, 1.54) is 6.20 Å². The Labute approximate surface area is 91.2 Å². The number of aliphatic hydroxyl groups excluding tert-OH is 2. The SMILES string of the molecule is Cc1cncc(C(O)C(O)CCBr)n1. The molecule has 2 atom stereocenters. The molecule has 0 aliphatic heterocycles. The molecule has 0 aliphatic rings. The number of alkyl halides is 1. The third kappa shape index (κ3) is 3.01. The Morgan fingerprint density at radius 1 is 1.43 bits per heavy atom. The van der Waals surface area contributed by atoms with Gasteiger partial charge < -0.3 is 10.2 Å². The Bertz CT molecular complexity index is 296. The van der Waals surface area contributed by atoms with E-state index < -0.39 is 12.2 Å². The first kappa shape index (κ1) is 11.6. The van der Waals surface area contributed by atoms with E-state index in [-0.39, 0.29) is 0 Å². The van der Waals surface area contributed by atoms with Crippen molar-refractivity contribution in [2.75, 3.05) is 5.33 Å². The highest BCUT2D eigenvalue weighted by Gasteiger charge is 2.19. The van der Waals surface area contributed by atoms with Gasteiger partial charge in [-0.15, -0.1) is 0 Å². The van der Waals surface area contributed by atoms with Crippen LogP contribution in [0, 0.1) is 6.92 Å². The molecule has 1 aromatic heterocycles. The number of nitrogens with zero attached hydrogens (tertiary/aromatic N) is 2. The van der Waals surface area contributed by atoms with Crippen molar-refractivity contribution in [3.63, 3.8) is 0 Å². The van der Waals surface area contributed by atoms with Crippen LogP contribution in [0.2, 0.25) is 0 Å². The van der Waals surface area contributed by atoms with Crippen LogP contribution in [-0.4, -0.2) is 31.6 Å². The van der Waals surface area contributed by atoms with E-state index in [9.17, 15) is 10.2 Å². The van der Waals surface area contributed by atoms with Gasteiger partial charge >= 0.3 is 0 Å². The minimum atomic E-state index is -0.958. The number of halogens is 1. The average molecular weight is 261 g/mol. The first-order valence-electron chi connectivity index (χ1n) is 4.35. The van der Waals surface area contributed by atoms with Crippen LogP contribution in [0.1, 0.15) is 23.9 Å². The molecule has 0 radical (unpaired) electrons. The standard InChI is InChI=1S/C9H13BrN2O2/c1-6-4-11-5-7(12-6)9(14)8(13)2-3-10/h4-5,8-9,13-14H,2-3H2,1H3. The highest BCUT2D eigenvalue weighted by molar-refractivity contribution is 9.09. The van der Waals surface area contributed by atoms with Gasteiger partial charge in [0.2, 0.25) is 0 Å². The van der Waals surface area contributed by atoms with Gasteiger partial charge in [-0.05, 0) is 13.3 Å². The van der Waals surface area contributed by atoms with Crippen molar-refractivity contribution in [1.82, 2.24) is 9.97 Å². The summed E-state index contributed by atoms with van der Waals surface area (Å²) in [5.74, 6) is 0. The fraction of sp³-hybridized carbons (Fsp3) is 0.556. The number of aryl methyl sites for hydroxylation is 1. The van der Waals surface area contributed by atoms with Crippen LogP contribution < -0.4 is 0 Å². The lowest BCUT2D eigenvalue weighted by molar-refractivity contribution is 0.0145. The summed E-state index contributed by atoms with van der Waals surface area (Å²) in [6, 6.07) is 0. The fourth-order valence-electron chi connectivity index (χ4n) is 1.09. The normalized spacial score (nSPS) is 15.1.